The third-order valence-electron chi connectivity index (χ3n) is 7.42. The quantitative estimate of drug-likeness (QED) is 0.250. The number of likely N-dealkylation sites (tertiary alicyclic amines) is 1. The summed E-state index contributed by atoms with van der Waals surface area (Å²) in [6, 6.07) is 18.3. The molecule has 196 valence electrons. The first-order valence-electron chi connectivity index (χ1n) is 13.1. The number of nitro benzene ring substituents is 1. The highest BCUT2D eigenvalue weighted by Gasteiger charge is 2.36. The van der Waals surface area contributed by atoms with Crippen LogP contribution in [0.15, 0.2) is 54.6 Å². The van der Waals surface area contributed by atoms with E-state index in [1.807, 2.05) is 30.3 Å². The van der Waals surface area contributed by atoms with Gasteiger partial charge in [-0.2, -0.15) is 5.26 Å². The Morgan fingerprint density at radius 1 is 1.16 bits per heavy atom. The van der Waals surface area contributed by atoms with Gasteiger partial charge in [-0.15, -0.1) is 0 Å². The van der Waals surface area contributed by atoms with Gasteiger partial charge in [0.25, 0.3) is 5.69 Å². The van der Waals surface area contributed by atoms with Crippen LogP contribution in [-0.2, 0) is 21.4 Å². The van der Waals surface area contributed by atoms with Gasteiger partial charge in [-0.3, -0.25) is 19.7 Å². The lowest BCUT2D eigenvalue weighted by atomic mass is 9.69. The first-order chi connectivity index (χ1) is 17.8. The molecule has 0 bridgehead atoms. The van der Waals surface area contributed by atoms with Crippen LogP contribution in [0.1, 0.15) is 63.5 Å². The topological polar surface area (TPSA) is 116 Å². The highest BCUT2D eigenvalue weighted by Crippen LogP contribution is 2.37. The maximum Gasteiger partial charge on any atom is 0.269 e. The number of nitriles is 1. The molecule has 0 aliphatic carbocycles. The molecule has 2 amide bonds. The molecule has 2 aromatic carbocycles. The molecule has 1 saturated heterocycles. The van der Waals surface area contributed by atoms with Crippen molar-refractivity contribution < 1.29 is 14.5 Å². The molecule has 1 unspecified atom stereocenters. The molecule has 1 aliphatic rings. The van der Waals surface area contributed by atoms with E-state index in [0.29, 0.717) is 45.2 Å². The van der Waals surface area contributed by atoms with Crippen LogP contribution >= 0.6 is 0 Å². The van der Waals surface area contributed by atoms with E-state index in [-0.39, 0.29) is 23.4 Å². The van der Waals surface area contributed by atoms with Crippen molar-refractivity contribution in [1.29, 1.82) is 5.26 Å². The summed E-state index contributed by atoms with van der Waals surface area (Å²) in [5, 5.41) is 23.8. The number of nitrogens with zero attached hydrogens (tertiary/aromatic N) is 3. The number of unbranched alkanes of at least 4 members (excludes halogenated alkanes) is 1. The largest absolute Gasteiger partial charge is 0.354 e. The van der Waals surface area contributed by atoms with Crippen LogP contribution in [0.25, 0.3) is 0 Å². The molecule has 0 aromatic heterocycles. The highest BCUT2D eigenvalue weighted by atomic mass is 16.6. The van der Waals surface area contributed by atoms with Gasteiger partial charge in [0, 0.05) is 31.6 Å². The van der Waals surface area contributed by atoms with Gasteiger partial charge in [-0.1, -0.05) is 62.7 Å². The van der Waals surface area contributed by atoms with E-state index in [2.05, 4.69) is 25.2 Å². The van der Waals surface area contributed by atoms with Gasteiger partial charge in [0.1, 0.15) is 6.04 Å². The molecule has 0 spiro atoms. The lowest BCUT2D eigenvalue weighted by Gasteiger charge is -2.31. The Labute approximate surface area is 218 Å². The number of carbonyl (C=O) groups excluding carboxylic acids is 2. The zero-order chi connectivity index (χ0) is 26.8. The minimum absolute atomic E-state index is 0.0140. The van der Waals surface area contributed by atoms with Crippen LogP contribution in [0.2, 0.25) is 0 Å². The molecular formula is C29H36N4O4. The van der Waals surface area contributed by atoms with E-state index in [0.717, 1.165) is 24.0 Å². The Balaban J connectivity index is 1.47. The molecule has 1 heterocycles. The fourth-order valence-electron chi connectivity index (χ4n) is 5.15. The van der Waals surface area contributed by atoms with Crippen molar-refractivity contribution in [2.45, 2.75) is 70.3 Å². The summed E-state index contributed by atoms with van der Waals surface area (Å²) < 4.78 is 0. The number of hydrogen-bond acceptors (Lipinski definition) is 5. The second-order valence-corrected chi connectivity index (χ2v) is 10.0. The molecule has 0 saturated carbocycles. The lowest BCUT2D eigenvalue weighted by Crippen LogP contribution is -2.46. The first-order valence-corrected chi connectivity index (χ1v) is 13.1. The van der Waals surface area contributed by atoms with Crippen molar-refractivity contribution in [2.75, 3.05) is 13.1 Å². The zero-order valence-corrected chi connectivity index (χ0v) is 21.7. The molecule has 2 aromatic rings. The van der Waals surface area contributed by atoms with Gasteiger partial charge in [0.15, 0.2) is 0 Å². The normalized spacial score (nSPS) is 16.7. The Morgan fingerprint density at radius 2 is 1.86 bits per heavy atom. The zero-order valence-electron chi connectivity index (χ0n) is 21.7. The van der Waals surface area contributed by atoms with Gasteiger partial charge in [0.2, 0.25) is 11.8 Å². The Morgan fingerprint density at radius 3 is 2.49 bits per heavy atom. The molecule has 1 aliphatic heterocycles. The molecular weight excluding hydrogens is 468 g/mol. The molecule has 8 nitrogen and oxygen atoms in total. The third-order valence-corrected chi connectivity index (χ3v) is 7.42. The minimum Gasteiger partial charge on any atom is -0.354 e. The van der Waals surface area contributed by atoms with Gasteiger partial charge in [-0.25, -0.2) is 0 Å². The van der Waals surface area contributed by atoms with Gasteiger partial charge >= 0.3 is 0 Å². The van der Waals surface area contributed by atoms with Crippen LogP contribution in [0.5, 0.6) is 0 Å². The molecule has 1 N–H and O–H groups in total. The number of benzene rings is 2. The van der Waals surface area contributed by atoms with E-state index in [1.165, 1.54) is 12.1 Å². The predicted molar refractivity (Wildman–Crippen MR) is 142 cm³/mol. The van der Waals surface area contributed by atoms with Crippen LogP contribution in [0, 0.1) is 27.4 Å². The number of rotatable bonds is 12. The monoisotopic (exact) mass is 504 g/mol. The van der Waals surface area contributed by atoms with Crippen molar-refractivity contribution in [1.82, 2.24) is 10.2 Å². The molecule has 2 atom stereocenters. The first kappa shape index (κ1) is 27.9. The van der Waals surface area contributed by atoms with Crippen LogP contribution < -0.4 is 5.32 Å². The Bertz CT molecular complexity index is 1110. The van der Waals surface area contributed by atoms with E-state index >= 15 is 0 Å². The molecule has 3 rings (SSSR count). The highest BCUT2D eigenvalue weighted by molar-refractivity contribution is 5.88. The van der Waals surface area contributed by atoms with Crippen molar-refractivity contribution in [3.8, 4) is 6.07 Å². The molecule has 1 fully saturated rings. The maximum atomic E-state index is 13.0. The number of hydrogen-bond donors (Lipinski definition) is 1. The van der Waals surface area contributed by atoms with Crippen LogP contribution in [-0.4, -0.2) is 40.8 Å². The minimum atomic E-state index is -0.579. The lowest BCUT2D eigenvalue weighted by molar-refractivity contribution is -0.384. The maximum absolute atomic E-state index is 13.0. The molecule has 37 heavy (non-hydrogen) atoms. The van der Waals surface area contributed by atoms with Crippen molar-refractivity contribution >= 4 is 17.5 Å². The van der Waals surface area contributed by atoms with Crippen molar-refractivity contribution in [2.24, 2.45) is 5.92 Å². The average Bonchev–Trinajstić information content (AvgIpc) is 3.40. The molecule has 8 heteroatoms. The van der Waals surface area contributed by atoms with Gasteiger partial charge in [-0.05, 0) is 49.1 Å². The summed E-state index contributed by atoms with van der Waals surface area (Å²) in [6.45, 7) is 5.12. The predicted octanol–water partition coefficient (Wildman–Crippen LogP) is 4.92. The summed E-state index contributed by atoms with van der Waals surface area (Å²) in [5.41, 5.74) is 1.37. The fourth-order valence-corrected chi connectivity index (χ4v) is 5.15. The number of nitro groups is 1. The summed E-state index contributed by atoms with van der Waals surface area (Å²) in [5.74, 6) is -0.0201. The Hall–Kier alpha value is -3.73. The summed E-state index contributed by atoms with van der Waals surface area (Å²) >= 11 is 0. The second kappa shape index (κ2) is 13.0. The summed E-state index contributed by atoms with van der Waals surface area (Å²) in [6.07, 6.45) is 4.48. The average molecular weight is 505 g/mol. The van der Waals surface area contributed by atoms with E-state index < -0.39 is 16.4 Å². The van der Waals surface area contributed by atoms with Crippen molar-refractivity contribution in [3.63, 3.8) is 0 Å². The molecule has 0 radical (unpaired) electrons. The number of amides is 2. The van der Waals surface area contributed by atoms with E-state index in [4.69, 9.17) is 0 Å². The Kier molecular flexibility index (Phi) is 9.78. The van der Waals surface area contributed by atoms with Crippen LogP contribution in [0.3, 0.4) is 0 Å². The van der Waals surface area contributed by atoms with Gasteiger partial charge < -0.3 is 10.2 Å². The fraction of sp³-hybridized carbons (Fsp3) is 0.483. The standard InChI is InChI=1S/C29H36N4O4/c1-22(2)29(21-30,24-9-4-3-5-10-24)18-7-6-12-27(34)32-20-8-11-26(32)28(35)31-19-17-23-13-15-25(16-14-23)33(36)37/h3-5,9-10,13-16,22,26H,6-8,11-12,17-20H2,1-2H3,(H,31,35)/t26-,29?/m1/s1. The van der Waals surface area contributed by atoms with Crippen LogP contribution in [0.4, 0.5) is 5.69 Å². The SMILES string of the molecule is CC(C)C(C#N)(CCCCC(=O)N1CCC[C@@H]1C(=O)NCCc1ccc([N+](=O)[O-])cc1)c1ccccc1. The smallest absolute Gasteiger partial charge is 0.269 e. The van der Waals surface area contributed by atoms with E-state index in [9.17, 15) is 25.0 Å². The third kappa shape index (κ3) is 6.94. The van der Waals surface area contributed by atoms with Crippen molar-refractivity contribution in [3.05, 3.63) is 75.8 Å². The number of carbonyl (C=O) groups is 2. The van der Waals surface area contributed by atoms with E-state index in [1.54, 1.807) is 17.0 Å². The summed E-state index contributed by atoms with van der Waals surface area (Å²) in [7, 11) is 0. The second-order valence-electron chi connectivity index (χ2n) is 10.0. The summed E-state index contributed by atoms with van der Waals surface area (Å²) in [4.78, 5) is 37.8. The number of nitrogens with one attached hydrogen (secondary N) is 1. The van der Waals surface area contributed by atoms with Gasteiger partial charge in [0.05, 0.1) is 16.4 Å². The number of non-ortho nitro benzene ring substituents is 1.